The van der Waals surface area contributed by atoms with Crippen molar-refractivity contribution in [2.45, 2.75) is 32.0 Å². The first-order valence-electron chi connectivity index (χ1n) is 15.7. The molecule has 12 heteroatoms. The first-order valence-corrected chi connectivity index (χ1v) is 15.7. The summed E-state index contributed by atoms with van der Waals surface area (Å²) in [5.41, 5.74) is -0.464. The summed E-state index contributed by atoms with van der Waals surface area (Å²) in [6, 6.07) is 26.0. The molecule has 0 aliphatic rings. The van der Waals surface area contributed by atoms with E-state index in [0.717, 1.165) is 12.1 Å². The number of carbonyl (C=O) groups excluding carboxylic acids is 4. The molecule has 0 aliphatic carbocycles. The number of nitrogens with zero attached hydrogens (tertiary/aromatic N) is 1. The summed E-state index contributed by atoms with van der Waals surface area (Å²) in [5.74, 6) is -3.07. The predicted octanol–water partition coefficient (Wildman–Crippen LogP) is 7.19. The number of hydrogen-bond acceptors (Lipinski definition) is 7. The van der Waals surface area contributed by atoms with Gasteiger partial charge in [0.15, 0.2) is 0 Å². The van der Waals surface area contributed by atoms with Crippen molar-refractivity contribution in [3.8, 4) is 11.1 Å². The van der Waals surface area contributed by atoms with Gasteiger partial charge in [0.25, 0.3) is 5.91 Å². The second kappa shape index (κ2) is 15.1. The fourth-order valence-corrected chi connectivity index (χ4v) is 5.56. The van der Waals surface area contributed by atoms with Crippen molar-refractivity contribution in [3.63, 3.8) is 0 Å². The number of ether oxygens (including phenoxy) is 3. The Morgan fingerprint density at radius 2 is 1.34 bits per heavy atom. The molecule has 0 atom stereocenters. The first kappa shape index (κ1) is 35.4. The third-order valence-electron chi connectivity index (χ3n) is 8.02. The Morgan fingerprint density at radius 3 is 1.98 bits per heavy atom. The zero-order chi connectivity index (χ0) is 35.9. The number of hydrogen-bond donors (Lipinski definition) is 1. The lowest BCUT2D eigenvalue weighted by atomic mass is 9.81. The highest BCUT2D eigenvalue weighted by Crippen LogP contribution is 2.33. The maximum atomic E-state index is 13.5. The highest BCUT2D eigenvalue weighted by Gasteiger charge is 2.52. The van der Waals surface area contributed by atoms with E-state index in [1.807, 2.05) is 0 Å². The topological polar surface area (TPSA) is 113 Å². The quantitative estimate of drug-likeness (QED) is 0.0840. The molecule has 0 radical (unpaired) electrons. The molecule has 1 aromatic heterocycles. The lowest BCUT2D eigenvalue weighted by Gasteiger charge is -2.29. The van der Waals surface area contributed by atoms with E-state index in [2.05, 4.69) is 5.32 Å². The van der Waals surface area contributed by atoms with Crippen molar-refractivity contribution in [2.24, 2.45) is 0 Å². The van der Waals surface area contributed by atoms with E-state index in [4.69, 9.17) is 14.2 Å². The number of alkyl halides is 3. The molecular weight excluding hydrogens is 653 g/mol. The van der Waals surface area contributed by atoms with Crippen LogP contribution in [0.25, 0.3) is 22.0 Å². The van der Waals surface area contributed by atoms with Gasteiger partial charge in [-0.25, -0.2) is 0 Å². The van der Waals surface area contributed by atoms with Crippen LogP contribution in [0.1, 0.15) is 35.3 Å². The van der Waals surface area contributed by atoms with Crippen molar-refractivity contribution in [2.75, 3.05) is 25.1 Å². The highest BCUT2D eigenvalue weighted by molar-refractivity contribution is 6.12. The number of anilines is 1. The van der Waals surface area contributed by atoms with Crippen molar-refractivity contribution >= 4 is 40.4 Å². The van der Waals surface area contributed by atoms with Crippen LogP contribution in [0.15, 0.2) is 109 Å². The minimum absolute atomic E-state index is 0.0182. The summed E-state index contributed by atoms with van der Waals surface area (Å²) >= 11 is 0. The maximum absolute atomic E-state index is 13.5. The van der Waals surface area contributed by atoms with E-state index in [1.54, 1.807) is 103 Å². The predicted molar refractivity (Wildman–Crippen MR) is 179 cm³/mol. The van der Waals surface area contributed by atoms with Crippen LogP contribution in [0.4, 0.5) is 18.9 Å². The van der Waals surface area contributed by atoms with Crippen molar-refractivity contribution in [1.82, 2.24) is 4.57 Å². The molecule has 0 bridgehead atoms. The minimum Gasteiger partial charge on any atom is -0.465 e. The van der Waals surface area contributed by atoms with Crippen LogP contribution in [0.3, 0.4) is 0 Å². The molecule has 0 spiro atoms. The Bertz CT molecular complexity index is 1990. The number of nitrogens with one attached hydrogen (secondary N) is 1. The van der Waals surface area contributed by atoms with Crippen LogP contribution >= 0.6 is 0 Å². The van der Waals surface area contributed by atoms with Gasteiger partial charge in [0.2, 0.25) is 5.41 Å². The molecule has 4 aromatic carbocycles. The van der Waals surface area contributed by atoms with Gasteiger partial charge in [0.05, 0.1) is 30.0 Å². The molecule has 258 valence electrons. The summed E-state index contributed by atoms with van der Waals surface area (Å²) < 4.78 is 56.9. The highest BCUT2D eigenvalue weighted by atomic mass is 19.4. The van der Waals surface area contributed by atoms with Gasteiger partial charge in [-0.1, -0.05) is 66.7 Å². The molecule has 0 saturated heterocycles. The number of aromatic nitrogens is 1. The van der Waals surface area contributed by atoms with Gasteiger partial charge in [-0.05, 0) is 66.9 Å². The number of amides is 1. The Labute approximate surface area is 285 Å². The summed E-state index contributed by atoms with van der Waals surface area (Å²) in [6.07, 6.45) is -2.86. The zero-order valence-electron chi connectivity index (χ0n) is 27.2. The summed E-state index contributed by atoms with van der Waals surface area (Å²) in [4.78, 5) is 53.3. The molecular formula is C38H33F3N2O7. The molecule has 1 amide bonds. The van der Waals surface area contributed by atoms with Gasteiger partial charge >= 0.3 is 24.1 Å². The fraction of sp³-hybridized carbons (Fsp3) is 0.211. The van der Waals surface area contributed by atoms with Crippen LogP contribution in [-0.2, 0) is 46.7 Å². The van der Waals surface area contributed by atoms with Crippen LogP contribution in [0.5, 0.6) is 0 Å². The van der Waals surface area contributed by atoms with Crippen LogP contribution < -0.4 is 5.32 Å². The van der Waals surface area contributed by atoms with Gasteiger partial charge in [-0.15, -0.1) is 0 Å². The third-order valence-corrected chi connectivity index (χ3v) is 8.02. The molecule has 5 aromatic rings. The second-order valence-electron chi connectivity index (χ2n) is 11.1. The lowest BCUT2D eigenvalue weighted by Crippen LogP contribution is -2.50. The Hall–Kier alpha value is -5.91. The molecule has 0 fully saturated rings. The molecule has 1 N–H and O–H groups in total. The van der Waals surface area contributed by atoms with Crippen molar-refractivity contribution < 1.29 is 46.6 Å². The second-order valence-corrected chi connectivity index (χ2v) is 11.1. The molecule has 1 heterocycles. The number of benzene rings is 4. The Kier molecular flexibility index (Phi) is 10.7. The molecule has 5 rings (SSSR count). The zero-order valence-corrected chi connectivity index (χ0v) is 27.2. The number of esters is 3. The monoisotopic (exact) mass is 686 g/mol. The smallest absolute Gasteiger partial charge is 0.416 e. The Balaban J connectivity index is 1.35. The van der Waals surface area contributed by atoms with Crippen LogP contribution in [-0.4, -0.2) is 48.2 Å². The van der Waals surface area contributed by atoms with Crippen molar-refractivity contribution in [3.05, 3.63) is 126 Å². The SMILES string of the molecule is CCOC(=O)C(COC(=O)Cn1ccc2c(NC(=O)c3ccccc3-c3ccc(C(F)(F)F)cc3)cccc21)(C(=O)OCC)c1ccccc1. The average Bonchev–Trinajstić information content (AvgIpc) is 3.52. The van der Waals surface area contributed by atoms with E-state index >= 15 is 0 Å². The normalized spacial score (nSPS) is 11.5. The summed E-state index contributed by atoms with van der Waals surface area (Å²) in [6.45, 7) is 2.19. The first-order chi connectivity index (χ1) is 24.0. The van der Waals surface area contributed by atoms with Gasteiger partial charge in [-0.3, -0.25) is 19.2 Å². The number of halogens is 3. The third kappa shape index (κ3) is 7.39. The fourth-order valence-electron chi connectivity index (χ4n) is 5.56. The van der Waals surface area contributed by atoms with Gasteiger partial charge in [-0.2, -0.15) is 13.2 Å². The number of fused-ring (bicyclic) bond motifs is 1. The standard InChI is InChI=1S/C38H33F3N2O7/c1-3-48-35(46)37(36(47)49-4-2,26-11-6-5-7-12-26)24-50-33(44)23-43-22-21-30-31(15-10-16-32(30)43)42-34(45)29-14-9-8-13-28(29)25-17-19-27(20-18-25)38(39,40)41/h5-22H,3-4,23-24H2,1-2H3,(H,42,45). The summed E-state index contributed by atoms with van der Waals surface area (Å²) in [7, 11) is 0. The molecule has 9 nitrogen and oxygen atoms in total. The Morgan fingerprint density at radius 1 is 0.700 bits per heavy atom. The number of carbonyl (C=O) groups is 4. The molecule has 0 saturated carbocycles. The van der Waals surface area contributed by atoms with Gasteiger partial charge in [0, 0.05) is 17.1 Å². The largest absolute Gasteiger partial charge is 0.465 e. The van der Waals surface area contributed by atoms with E-state index in [-0.39, 0.29) is 30.9 Å². The van der Waals surface area contributed by atoms with E-state index in [0.29, 0.717) is 27.7 Å². The van der Waals surface area contributed by atoms with E-state index in [1.165, 1.54) is 12.1 Å². The van der Waals surface area contributed by atoms with Gasteiger partial charge < -0.3 is 24.1 Å². The average molecular weight is 687 g/mol. The lowest BCUT2D eigenvalue weighted by molar-refractivity contribution is -0.170. The summed E-state index contributed by atoms with van der Waals surface area (Å²) in [5, 5.41) is 3.47. The van der Waals surface area contributed by atoms with Crippen LogP contribution in [0.2, 0.25) is 0 Å². The van der Waals surface area contributed by atoms with E-state index < -0.39 is 47.6 Å². The number of rotatable bonds is 12. The molecule has 50 heavy (non-hydrogen) atoms. The molecule has 0 aliphatic heterocycles. The van der Waals surface area contributed by atoms with E-state index in [9.17, 15) is 32.3 Å². The maximum Gasteiger partial charge on any atom is 0.416 e. The van der Waals surface area contributed by atoms with Crippen LogP contribution in [0, 0.1) is 0 Å². The minimum atomic E-state index is -4.49. The molecule has 0 unspecified atom stereocenters. The van der Waals surface area contributed by atoms with Gasteiger partial charge in [0.1, 0.15) is 13.2 Å². The van der Waals surface area contributed by atoms with Crippen molar-refractivity contribution in [1.29, 1.82) is 0 Å².